The van der Waals surface area contributed by atoms with Crippen LogP contribution in [0.5, 0.6) is 0 Å². The highest BCUT2D eigenvalue weighted by Gasteiger charge is 2.06. The van der Waals surface area contributed by atoms with Crippen LogP contribution in [0.25, 0.3) is 0 Å². The fourth-order valence-electron chi connectivity index (χ4n) is 0.837. The molecule has 13 heavy (non-hydrogen) atoms. The van der Waals surface area contributed by atoms with Gasteiger partial charge in [-0.1, -0.05) is 23.2 Å². The van der Waals surface area contributed by atoms with Gasteiger partial charge in [0.1, 0.15) is 0 Å². The maximum absolute atomic E-state index is 10.8. The first-order chi connectivity index (χ1) is 6.00. The summed E-state index contributed by atoms with van der Waals surface area (Å²) in [7, 11) is 0. The zero-order chi connectivity index (χ0) is 10.0. The third-order valence-corrected chi connectivity index (χ3v) is 3.30. The van der Waals surface area contributed by atoms with Gasteiger partial charge in [-0.2, -0.15) is 0 Å². The molecule has 0 saturated carbocycles. The largest absolute Gasteiger partial charge is 0.325 e. The van der Waals surface area contributed by atoms with Gasteiger partial charge in [0.2, 0.25) is 5.91 Å². The lowest BCUT2D eigenvalue weighted by atomic mass is 10.3. The van der Waals surface area contributed by atoms with Crippen LogP contribution < -0.4 is 5.32 Å². The Morgan fingerprint density at radius 3 is 2.62 bits per heavy atom. The van der Waals surface area contributed by atoms with Crippen molar-refractivity contribution in [2.24, 2.45) is 0 Å². The summed E-state index contributed by atoms with van der Waals surface area (Å²) in [5.41, 5.74) is 0.644. The number of nitrogens with one attached hydrogen (secondary N) is 1. The van der Waals surface area contributed by atoms with Gasteiger partial charge in [-0.3, -0.25) is 4.79 Å². The van der Waals surface area contributed by atoms with E-state index in [0.29, 0.717) is 15.7 Å². The summed E-state index contributed by atoms with van der Waals surface area (Å²) in [5, 5.41) is 3.69. The Hall–Kier alpha value is -0.000000000000000111. The van der Waals surface area contributed by atoms with Crippen LogP contribution in [0.2, 0.25) is 10.0 Å². The molecule has 0 spiro atoms. The first-order valence-electron chi connectivity index (χ1n) is 3.43. The van der Waals surface area contributed by atoms with E-state index < -0.39 is 0 Å². The topological polar surface area (TPSA) is 29.1 Å². The highest BCUT2D eigenvalue weighted by molar-refractivity contribution is 14.1. The number of anilines is 1. The molecule has 0 atom stereocenters. The highest BCUT2D eigenvalue weighted by atomic mass is 127. The van der Waals surface area contributed by atoms with E-state index in [4.69, 9.17) is 23.2 Å². The van der Waals surface area contributed by atoms with E-state index in [1.54, 1.807) is 12.1 Å². The van der Waals surface area contributed by atoms with Gasteiger partial charge < -0.3 is 5.32 Å². The molecule has 1 amide bonds. The van der Waals surface area contributed by atoms with Gasteiger partial charge in [0.25, 0.3) is 0 Å². The minimum atomic E-state index is -0.142. The van der Waals surface area contributed by atoms with Crippen LogP contribution in [0, 0.1) is 3.57 Å². The molecule has 0 radical (unpaired) electrons. The Kier molecular flexibility index (Phi) is 3.82. The van der Waals surface area contributed by atoms with E-state index in [0.717, 1.165) is 3.57 Å². The standard InChI is InChI=1S/C8H6Cl2INO/c1-4(13)12-7-3-5(9)2-6(10)8(7)11/h2-3H,1H3,(H,12,13). The lowest BCUT2D eigenvalue weighted by molar-refractivity contribution is -0.114. The molecular formula is C8H6Cl2INO. The molecule has 0 aliphatic carbocycles. The van der Waals surface area contributed by atoms with Crippen LogP contribution in [0.4, 0.5) is 5.69 Å². The zero-order valence-electron chi connectivity index (χ0n) is 6.70. The molecule has 0 bridgehead atoms. The van der Waals surface area contributed by atoms with E-state index in [1.807, 2.05) is 22.6 Å². The van der Waals surface area contributed by atoms with E-state index >= 15 is 0 Å². The second-order valence-electron chi connectivity index (χ2n) is 2.43. The van der Waals surface area contributed by atoms with Crippen LogP contribution in [0.1, 0.15) is 6.92 Å². The average Bonchev–Trinajstić information content (AvgIpc) is 1.98. The van der Waals surface area contributed by atoms with Crippen LogP contribution in [0.3, 0.4) is 0 Å². The summed E-state index contributed by atoms with van der Waals surface area (Å²) in [6, 6.07) is 3.30. The number of benzene rings is 1. The van der Waals surface area contributed by atoms with Gasteiger partial charge in [-0.25, -0.2) is 0 Å². The second-order valence-corrected chi connectivity index (χ2v) is 4.35. The summed E-state index contributed by atoms with van der Waals surface area (Å²) in [6.07, 6.45) is 0. The van der Waals surface area contributed by atoms with Crippen molar-refractivity contribution in [2.45, 2.75) is 6.92 Å². The van der Waals surface area contributed by atoms with Gasteiger partial charge in [-0.05, 0) is 34.7 Å². The van der Waals surface area contributed by atoms with Crippen molar-refractivity contribution in [2.75, 3.05) is 5.32 Å². The maximum Gasteiger partial charge on any atom is 0.221 e. The molecule has 70 valence electrons. The fraction of sp³-hybridized carbons (Fsp3) is 0.125. The lowest BCUT2D eigenvalue weighted by Crippen LogP contribution is -2.07. The maximum atomic E-state index is 10.8. The van der Waals surface area contributed by atoms with Crippen LogP contribution >= 0.6 is 45.8 Å². The Labute approximate surface area is 99.7 Å². The lowest BCUT2D eigenvalue weighted by Gasteiger charge is -2.06. The third-order valence-electron chi connectivity index (χ3n) is 1.30. The molecule has 0 fully saturated rings. The number of rotatable bonds is 1. The number of hydrogen-bond acceptors (Lipinski definition) is 1. The number of halogens is 3. The van der Waals surface area contributed by atoms with Crippen molar-refractivity contribution in [1.29, 1.82) is 0 Å². The van der Waals surface area contributed by atoms with Crippen LogP contribution in [-0.2, 0) is 4.79 Å². The molecule has 2 nitrogen and oxygen atoms in total. The minimum Gasteiger partial charge on any atom is -0.325 e. The molecular weight excluding hydrogens is 324 g/mol. The van der Waals surface area contributed by atoms with E-state index in [1.165, 1.54) is 6.92 Å². The number of hydrogen-bond donors (Lipinski definition) is 1. The summed E-state index contributed by atoms with van der Waals surface area (Å²) >= 11 is 13.7. The first-order valence-corrected chi connectivity index (χ1v) is 5.26. The van der Waals surface area contributed by atoms with Crippen molar-refractivity contribution in [3.05, 3.63) is 25.7 Å². The van der Waals surface area contributed by atoms with Crippen molar-refractivity contribution in [3.63, 3.8) is 0 Å². The molecule has 0 unspecified atom stereocenters. The quantitative estimate of drug-likeness (QED) is 0.619. The minimum absolute atomic E-state index is 0.142. The Bertz CT molecular complexity index is 354. The third kappa shape index (κ3) is 3.00. The Balaban J connectivity index is 3.12. The number of carbonyl (C=O) groups excluding carboxylic acids is 1. The van der Waals surface area contributed by atoms with E-state index in [2.05, 4.69) is 5.32 Å². The van der Waals surface area contributed by atoms with Crippen molar-refractivity contribution >= 4 is 57.4 Å². The smallest absolute Gasteiger partial charge is 0.221 e. The van der Waals surface area contributed by atoms with E-state index in [9.17, 15) is 4.79 Å². The highest BCUT2D eigenvalue weighted by Crippen LogP contribution is 2.30. The van der Waals surface area contributed by atoms with E-state index in [-0.39, 0.29) is 5.91 Å². The Morgan fingerprint density at radius 2 is 2.08 bits per heavy atom. The first kappa shape index (κ1) is 11.1. The van der Waals surface area contributed by atoms with Crippen LogP contribution in [-0.4, -0.2) is 5.91 Å². The van der Waals surface area contributed by atoms with Crippen molar-refractivity contribution < 1.29 is 4.79 Å². The molecule has 0 aromatic heterocycles. The summed E-state index contributed by atoms with van der Waals surface area (Å²) in [4.78, 5) is 10.8. The summed E-state index contributed by atoms with van der Waals surface area (Å²) in [5.74, 6) is -0.142. The molecule has 0 aliphatic heterocycles. The second kappa shape index (κ2) is 4.48. The monoisotopic (exact) mass is 329 g/mol. The Morgan fingerprint density at radius 1 is 1.46 bits per heavy atom. The molecule has 0 aliphatic rings. The molecule has 0 saturated heterocycles. The van der Waals surface area contributed by atoms with Gasteiger partial charge in [0, 0.05) is 11.9 Å². The molecule has 1 aromatic carbocycles. The SMILES string of the molecule is CC(=O)Nc1cc(Cl)cc(Cl)c1I. The molecule has 0 heterocycles. The fourth-order valence-corrected chi connectivity index (χ4v) is 1.78. The predicted molar refractivity (Wildman–Crippen MR) is 63.5 cm³/mol. The van der Waals surface area contributed by atoms with Gasteiger partial charge in [-0.15, -0.1) is 0 Å². The summed E-state index contributed by atoms with van der Waals surface area (Å²) < 4.78 is 0.791. The molecule has 1 rings (SSSR count). The molecule has 1 aromatic rings. The zero-order valence-corrected chi connectivity index (χ0v) is 10.4. The number of amides is 1. The predicted octanol–water partition coefficient (Wildman–Crippen LogP) is 3.56. The van der Waals surface area contributed by atoms with Gasteiger partial charge in [0.05, 0.1) is 14.3 Å². The number of carbonyl (C=O) groups is 1. The van der Waals surface area contributed by atoms with Gasteiger partial charge >= 0.3 is 0 Å². The molecule has 5 heteroatoms. The van der Waals surface area contributed by atoms with Crippen molar-refractivity contribution in [3.8, 4) is 0 Å². The normalized spacial score (nSPS) is 9.85. The molecule has 1 N–H and O–H groups in total. The van der Waals surface area contributed by atoms with Crippen LogP contribution in [0.15, 0.2) is 12.1 Å². The average molecular weight is 330 g/mol. The summed E-state index contributed by atoms with van der Waals surface area (Å²) in [6.45, 7) is 1.44. The van der Waals surface area contributed by atoms with Crippen molar-refractivity contribution in [1.82, 2.24) is 0 Å². The van der Waals surface area contributed by atoms with Gasteiger partial charge in [0.15, 0.2) is 0 Å².